The van der Waals surface area contributed by atoms with Crippen molar-refractivity contribution in [1.82, 2.24) is 19.9 Å². The standard InChI is InChI=1S/C27H25N5O6S/c1-36-21-12-5-6-13-22(21)38-23-24(32-39(34,35)19-14-20-10-3-2-4-11-20)30-26(25-28-15-9-16-29-25)31-27(23)37-18-8-7-17-33/h2-6,9-17,19H,7-8,18H2,1H3,(H,30,31,32)/b19-14+. The van der Waals surface area contributed by atoms with Gasteiger partial charge in [-0.1, -0.05) is 42.5 Å². The summed E-state index contributed by atoms with van der Waals surface area (Å²) in [5, 5.41) is 1.01. The Labute approximate surface area is 225 Å². The van der Waals surface area contributed by atoms with E-state index < -0.39 is 10.0 Å². The van der Waals surface area contributed by atoms with E-state index in [1.54, 1.807) is 54.6 Å². The van der Waals surface area contributed by atoms with Gasteiger partial charge in [-0.2, -0.15) is 4.98 Å². The molecule has 0 aliphatic heterocycles. The Balaban J connectivity index is 1.81. The fourth-order valence-electron chi connectivity index (χ4n) is 3.25. The molecule has 2 aromatic heterocycles. The molecular formula is C27H25N5O6S. The number of rotatable bonds is 13. The minimum absolute atomic E-state index is 0.00176. The van der Waals surface area contributed by atoms with Crippen molar-refractivity contribution in [3.8, 4) is 34.8 Å². The second-order valence-electron chi connectivity index (χ2n) is 7.87. The highest BCUT2D eigenvalue weighted by Gasteiger charge is 2.24. The number of unbranched alkanes of at least 4 members (excludes halogenated alkanes) is 1. The third kappa shape index (κ3) is 7.58. The van der Waals surface area contributed by atoms with Crippen LogP contribution in [0.3, 0.4) is 0 Å². The molecule has 0 bridgehead atoms. The van der Waals surface area contributed by atoms with Crippen molar-refractivity contribution < 1.29 is 27.4 Å². The molecule has 0 atom stereocenters. The third-order valence-electron chi connectivity index (χ3n) is 5.06. The molecule has 0 spiro atoms. The first-order valence-corrected chi connectivity index (χ1v) is 13.4. The second kappa shape index (κ2) is 13.1. The Morgan fingerprint density at radius 3 is 2.33 bits per heavy atom. The van der Waals surface area contributed by atoms with E-state index in [0.717, 1.165) is 11.7 Å². The Bertz CT molecular complexity index is 1530. The van der Waals surface area contributed by atoms with Crippen molar-refractivity contribution in [3.63, 3.8) is 0 Å². The van der Waals surface area contributed by atoms with Crippen LogP contribution in [0.25, 0.3) is 17.7 Å². The van der Waals surface area contributed by atoms with Crippen LogP contribution in [0.15, 0.2) is 78.5 Å². The summed E-state index contributed by atoms with van der Waals surface area (Å²) in [4.78, 5) is 27.9. The zero-order chi connectivity index (χ0) is 27.5. The fraction of sp³-hybridized carbons (Fsp3) is 0.148. The zero-order valence-corrected chi connectivity index (χ0v) is 21.7. The molecule has 0 aliphatic carbocycles. The number of hydrogen-bond acceptors (Lipinski definition) is 10. The molecule has 11 nitrogen and oxygen atoms in total. The van der Waals surface area contributed by atoms with Crippen molar-refractivity contribution in [3.05, 3.63) is 84.0 Å². The number of nitrogens with zero attached hydrogens (tertiary/aromatic N) is 4. The van der Waals surface area contributed by atoms with Gasteiger partial charge >= 0.3 is 0 Å². The van der Waals surface area contributed by atoms with E-state index in [4.69, 9.17) is 14.2 Å². The summed E-state index contributed by atoms with van der Waals surface area (Å²) >= 11 is 0. The smallest absolute Gasteiger partial charge is 0.263 e. The van der Waals surface area contributed by atoms with Gasteiger partial charge in [0.25, 0.3) is 15.9 Å². The Morgan fingerprint density at radius 1 is 0.897 bits per heavy atom. The molecule has 0 saturated carbocycles. The van der Waals surface area contributed by atoms with Crippen LogP contribution in [-0.2, 0) is 14.8 Å². The van der Waals surface area contributed by atoms with Crippen LogP contribution < -0.4 is 18.9 Å². The van der Waals surface area contributed by atoms with E-state index in [1.807, 2.05) is 6.07 Å². The molecule has 200 valence electrons. The number of nitrogens with one attached hydrogen (secondary N) is 1. The Morgan fingerprint density at radius 2 is 1.62 bits per heavy atom. The number of sulfonamides is 1. The van der Waals surface area contributed by atoms with Crippen LogP contribution in [0.2, 0.25) is 0 Å². The third-order valence-corrected chi connectivity index (χ3v) is 6.04. The Hall–Kier alpha value is -4.84. The number of aldehydes is 1. The van der Waals surface area contributed by atoms with E-state index in [-0.39, 0.29) is 47.9 Å². The van der Waals surface area contributed by atoms with E-state index in [1.165, 1.54) is 25.6 Å². The zero-order valence-electron chi connectivity index (χ0n) is 20.9. The van der Waals surface area contributed by atoms with E-state index >= 15 is 0 Å². The first kappa shape index (κ1) is 27.2. The quantitative estimate of drug-likeness (QED) is 0.188. The highest BCUT2D eigenvalue weighted by Crippen LogP contribution is 2.41. The maximum absolute atomic E-state index is 13.1. The van der Waals surface area contributed by atoms with Crippen molar-refractivity contribution in [1.29, 1.82) is 0 Å². The minimum Gasteiger partial charge on any atom is -0.493 e. The maximum atomic E-state index is 13.1. The van der Waals surface area contributed by atoms with Crippen LogP contribution in [-0.4, -0.2) is 48.4 Å². The molecule has 0 unspecified atom stereocenters. The van der Waals surface area contributed by atoms with Crippen LogP contribution in [0.1, 0.15) is 18.4 Å². The topological polar surface area (TPSA) is 142 Å². The van der Waals surface area contributed by atoms with E-state index in [9.17, 15) is 13.2 Å². The molecule has 0 aliphatic rings. The molecule has 39 heavy (non-hydrogen) atoms. The summed E-state index contributed by atoms with van der Waals surface area (Å²) in [6.45, 7) is 0.104. The highest BCUT2D eigenvalue weighted by atomic mass is 32.2. The summed E-state index contributed by atoms with van der Waals surface area (Å²) in [5.74, 6) is 0.401. The molecule has 4 aromatic rings. The van der Waals surface area contributed by atoms with Gasteiger partial charge in [0, 0.05) is 18.8 Å². The molecule has 12 heteroatoms. The average Bonchev–Trinajstić information content (AvgIpc) is 2.96. The predicted octanol–water partition coefficient (Wildman–Crippen LogP) is 4.51. The first-order valence-electron chi connectivity index (χ1n) is 11.8. The lowest BCUT2D eigenvalue weighted by molar-refractivity contribution is -0.108. The molecular weight excluding hydrogens is 522 g/mol. The van der Waals surface area contributed by atoms with Crippen molar-refractivity contribution in [2.75, 3.05) is 18.4 Å². The summed E-state index contributed by atoms with van der Waals surface area (Å²) in [5.41, 5.74) is 0.689. The number of carbonyl (C=O) groups is 1. The predicted molar refractivity (Wildman–Crippen MR) is 145 cm³/mol. The maximum Gasteiger partial charge on any atom is 0.263 e. The fourth-order valence-corrected chi connectivity index (χ4v) is 4.07. The number of methoxy groups -OCH3 is 1. The molecule has 2 aromatic carbocycles. The van der Waals surface area contributed by atoms with E-state index in [0.29, 0.717) is 17.7 Å². The van der Waals surface area contributed by atoms with Gasteiger partial charge in [-0.15, -0.1) is 0 Å². The van der Waals surface area contributed by atoms with Crippen LogP contribution >= 0.6 is 0 Å². The Kier molecular flexibility index (Phi) is 9.14. The number of para-hydroxylation sites is 2. The number of aromatic nitrogens is 4. The van der Waals surface area contributed by atoms with Crippen LogP contribution in [0, 0.1) is 0 Å². The molecule has 0 amide bonds. The first-order chi connectivity index (χ1) is 19.0. The summed E-state index contributed by atoms with van der Waals surface area (Å²) in [6, 6.07) is 17.4. The largest absolute Gasteiger partial charge is 0.493 e. The number of anilines is 1. The van der Waals surface area contributed by atoms with Crippen molar-refractivity contribution in [2.45, 2.75) is 12.8 Å². The van der Waals surface area contributed by atoms with Crippen molar-refractivity contribution >= 4 is 28.2 Å². The van der Waals surface area contributed by atoms with Gasteiger partial charge in [-0.05, 0) is 36.3 Å². The molecule has 4 rings (SSSR count). The highest BCUT2D eigenvalue weighted by molar-refractivity contribution is 7.95. The number of carbonyl (C=O) groups excluding carboxylic acids is 1. The van der Waals surface area contributed by atoms with Gasteiger partial charge in [0.2, 0.25) is 11.6 Å². The molecule has 0 radical (unpaired) electrons. The summed E-state index contributed by atoms with van der Waals surface area (Å²) < 4.78 is 46.0. The van der Waals surface area contributed by atoms with Gasteiger partial charge in [0.1, 0.15) is 6.29 Å². The van der Waals surface area contributed by atoms with Gasteiger partial charge in [-0.3, -0.25) is 4.72 Å². The number of hydrogen-bond donors (Lipinski definition) is 1. The lowest BCUT2D eigenvalue weighted by atomic mass is 10.2. The van der Waals surface area contributed by atoms with Crippen LogP contribution in [0.4, 0.5) is 5.82 Å². The lowest BCUT2D eigenvalue weighted by Gasteiger charge is -2.17. The number of benzene rings is 2. The molecule has 2 heterocycles. The van der Waals surface area contributed by atoms with Gasteiger partial charge in [0.15, 0.2) is 23.1 Å². The molecule has 1 N–H and O–H groups in total. The van der Waals surface area contributed by atoms with Crippen molar-refractivity contribution in [2.24, 2.45) is 0 Å². The minimum atomic E-state index is -4.08. The molecule has 0 saturated heterocycles. The monoisotopic (exact) mass is 547 g/mol. The average molecular weight is 548 g/mol. The summed E-state index contributed by atoms with van der Waals surface area (Å²) in [7, 11) is -2.61. The lowest BCUT2D eigenvalue weighted by Crippen LogP contribution is -2.14. The summed E-state index contributed by atoms with van der Waals surface area (Å²) in [6.07, 6.45) is 5.90. The van der Waals surface area contributed by atoms with E-state index in [2.05, 4.69) is 24.7 Å². The normalized spacial score (nSPS) is 11.2. The van der Waals surface area contributed by atoms with Crippen LogP contribution in [0.5, 0.6) is 23.1 Å². The number of ether oxygens (including phenoxy) is 3. The van der Waals surface area contributed by atoms with Gasteiger partial charge in [-0.25, -0.2) is 23.4 Å². The van der Waals surface area contributed by atoms with Gasteiger partial charge < -0.3 is 19.0 Å². The second-order valence-corrected chi connectivity index (χ2v) is 9.44. The molecule has 0 fully saturated rings. The SMILES string of the molecule is COc1ccccc1Oc1c(NS(=O)(=O)/C=C/c2ccccc2)nc(-c2ncccn2)nc1OCCCC=O. The van der Waals surface area contributed by atoms with Gasteiger partial charge in [0.05, 0.1) is 19.1 Å².